The van der Waals surface area contributed by atoms with Crippen LogP contribution in [0.1, 0.15) is 12.5 Å². The number of nitrogens with one attached hydrogen (secondary N) is 1. The molecule has 1 fully saturated rings. The normalized spacial score (nSPS) is 13.2. The lowest BCUT2D eigenvalue weighted by atomic mass is 10.1. The number of piperazine rings is 1. The average Bonchev–Trinajstić information content (AvgIpc) is 3.05. The first-order valence-corrected chi connectivity index (χ1v) is 14.2. The van der Waals surface area contributed by atoms with E-state index in [4.69, 9.17) is 14.6 Å². The summed E-state index contributed by atoms with van der Waals surface area (Å²) in [6, 6.07) is 22.9. The van der Waals surface area contributed by atoms with E-state index < -0.39 is 29.8 Å². The van der Waals surface area contributed by atoms with Gasteiger partial charge in [0, 0.05) is 51.1 Å². The number of pyridine rings is 1. The Balaban J connectivity index is 0.00000109. The molecule has 0 unspecified atom stereocenters. The standard InChI is InChI=1S/C30H30N6O5.C2H4O2/c37-28(38)25(32-30(40)41-21-22-9-3-1-4-10-22)20-36-19-24(23-11-5-2-6-12-23)27(33-29(36)39)35-17-15-34(16-18-35)26-13-7-8-14-31-26;1-2(3)4/h1-14,19,25H,15-18,20-21H2,(H,32,40)(H,37,38);1H3,(H,3,4)/t25-;/m0./s1. The lowest BCUT2D eigenvalue weighted by Crippen LogP contribution is -2.48. The van der Waals surface area contributed by atoms with Gasteiger partial charge in [0.05, 0.1) is 6.54 Å². The summed E-state index contributed by atoms with van der Waals surface area (Å²) < 4.78 is 6.39. The number of aromatic nitrogens is 3. The highest BCUT2D eigenvalue weighted by Gasteiger charge is 2.26. The molecule has 13 heteroatoms. The Morgan fingerprint density at radius 3 is 2.09 bits per heavy atom. The third kappa shape index (κ3) is 9.38. The van der Waals surface area contributed by atoms with Crippen molar-refractivity contribution in [2.75, 3.05) is 36.0 Å². The van der Waals surface area contributed by atoms with Crippen LogP contribution in [0.25, 0.3) is 11.1 Å². The quantitative estimate of drug-likeness (QED) is 0.253. The molecule has 45 heavy (non-hydrogen) atoms. The fourth-order valence-electron chi connectivity index (χ4n) is 4.65. The number of carboxylic acids is 2. The zero-order chi connectivity index (χ0) is 32.2. The average molecular weight is 615 g/mol. The SMILES string of the molecule is CC(=O)O.O=C(N[C@@H](Cn1cc(-c2ccccc2)c(N2CCN(c3ccccn3)CC2)nc1=O)C(=O)O)OCc1ccccc1. The van der Waals surface area contributed by atoms with Crippen LogP contribution < -0.4 is 20.8 Å². The van der Waals surface area contributed by atoms with Gasteiger partial charge in [0.2, 0.25) is 0 Å². The summed E-state index contributed by atoms with van der Waals surface area (Å²) in [5.41, 5.74) is 1.67. The second kappa shape index (κ2) is 15.7. The Labute approximate surface area is 259 Å². The molecule has 2 aromatic carbocycles. The van der Waals surface area contributed by atoms with E-state index in [0.29, 0.717) is 37.6 Å². The number of rotatable bonds is 9. The number of nitrogens with zero attached hydrogens (tertiary/aromatic N) is 5. The van der Waals surface area contributed by atoms with Crippen molar-refractivity contribution in [2.45, 2.75) is 26.1 Å². The van der Waals surface area contributed by atoms with Crippen LogP contribution in [-0.2, 0) is 27.5 Å². The van der Waals surface area contributed by atoms with Crippen molar-refractivity contribution in [1.29, 1.82) is 0 Å². The summed E-state index contributed by atoms with van der Waals surface area (Å²) in [6.45, 7) is 3.40. The van der Waals surface area contributed by atoms with Crippen LogP contribution in [0.4, 0.5) is 16.4 Å². The molecule has 2 aromatic heterocycles. The van der Waals surface area contributed by atoms with Gasteiger partial charge in [-0.05, 0) is 23.3 Å². The second-order valence-electron chi connectivity index (χ2n) is 10.1. The van der Waals surface area contributed by atoms with E-state index in [9.17, 15) is 19.5 Å². The van der Waals surface area contributed by atoms with Gasteiger partial charge in [-0.3, -0.25) is 9.36 Å². The monoisotopic (exact) mass is 614 g/mol. The molecule has 3 heterocycles. The number of hydrogen-bond acceptors (Lipinski definition) is 9. The van der Waals surface area contributed by atoms with Crippen LogP contribution in [0.15, 0.2) is 96.1 Å². The molecule has 1 aliphatic rings. The number of anilines is 2. The zero-order valence-electron chi connectivity index (χ0n) is 24.7. The number of carbonyl (C=O) groups excluding carboxylic acids is 1. The van der Waals surface area contributed by atoms with Crippen molar-refractivity contribution in [3.63, 3.8) is 0 Å². The fraction of sp³-hybridized carbons (Fsp3) is 0.250. The maximum absolute atomic E-state index is 13.2. The summed E-state index contributed by atoms with van der Waals surface area (Å²) in [5.74, 6) is -0.710. The Kier molecular flexibility index (Phi) is 11.2. The lowest BCUT2D eigenvalue weighted by molar-refractivity contribution is -0.139. The summed E-state index contributed by atoms with van der Waals surface area (Å²) in [7, 11) is 0. The fourth-order valence-corrected chi connectivity index (χ4v) is 4.65. The van der Waals surface area contributed by atoms with Gasteiger partial charge in [-0.1, -0.05) is 66.7 Å². The first-order chi connectivity index (χ1) is 21.7. The zero-order valence-corrected chi connectivity index (χ0v) is 24.7. The van der Waals surface area contributed by atoms with Crippen molar-refractivity contribution in [3.8, 4) is 11.1 Å². The smallest absolute Gasteiger partial charge is 0.408 e. The number of aliphatic carboxylic acids is 2. The Morgan fingerprint density at radius 1 is 0.889 bits per heavy atom. The largest absolute Gasteiger partial charge is 0.481 e. The van der Waals surface area contributed by atoms with Crippen LogP contribution in [0.5, 0.6) is 0 Å². The lowest BCUT2D eigenvalue weighted by Gasteiger charge is -2.36. The minimum Gasteiger partial charge on any atom is -0.481 e. The van der Waals surface area contributed by atoms with Gasteiger partial charge < -0.3 is 30.1 Å². The number of ether oxygens (including phenoxy) is 1. The minimum absolute atomic E-state index is 0.0129. The molecule has 0 radical (unpaired) electrons. The van der Waals surface area contributed by atoms with Crippen LogP contribution in [0.3, 0.4) is 0 Å². The van der Waals surface area contributed by atoms with E-state index in [1.54, 1.807) is 24.5 Å². The van der Waals surface area contributed by atoms with Gasteiger partial charge in [0.1, 0.15) is 24.3 Å². The van der Waals surface area contributed by atoms with Crippen LogP contribution in [-0.4, -0.2) is 75.0 Å². The number of benzene rings is 2. The van der Waals surface area contributed by atoms with E-state index in [2.05, 4.69) is 25.1 Å². The summed E-state index contributed by atoms with van der Waals surface area (Å²) in [6.07, 6.45) is 2.48. The summed E-state index contributed by atoms with van der Waals surface area (Å²) in [4.78, 5) is 59.6. The van der Waals surface area contributed by atoms with Gasteiger partial charge in [-0.2, -0.15) is 4.98 Å². The molecule has 0 aliphatic carbocycles. The number of amides is 1. The van der Waals surface area contributed by atoms with Gasteiger partial charge in [-0.15, -0.1) is 0 Å². The highest BCUT2D eigenvalue weighted by Crippen LogP contribution is 2.29. The first kappa shape index (κ1) is 32.2. The molecule has 1 aliphatic heterocycles. The molecule has 5 rings (SSSR count). The molecule has 1 saturated heterocycles. The Morgan fingerprint density at radius 2 is 1.49 bits per heavy atom. The van der Waals surface area contributed by atoms with Gasteiger partial charge >= 0.3 is 17.8 Å². The van der Waals surface area contributed by atoms with Crippen molar-refractivity contribution >= 4 is 29.7 Å². The summed E-state index contributed by atoms with van der Waals surface area (Å²) >= 11 is 0. The highest BCUT2D eigenvalue weighted by molar-refractivity contribution is 5.80. The third-order valence-electron chi connectivity index (χ3n) is 6.79. The molecule has 1 atom stereocenters. The van der Waals surface area contributed by atoms with E-state index in [-0.39, 0.29) is 13.2 Å². The number of hydrogen-bond donors (Lipinski definition) is 3. The number of carboxylic acid groups (broad SMARTS) is 2. The topological polar surface area (TPSA) is 167 Å². The van der Waals surface area contributed by atoms with Crippen LogP contribution in [0.2, 0.25) is 0 Å². The predicted molar refractivity (Wildman–Crippen MR) is 167 cm³/mol. The van der Waals surface area contributed by atoms with Crippen molar-refractivity contribution in [1.82, 2.24) is 19.9 Å². The maximum Gasteiger partial charge on any atom is 0.408 e. The molecular formula is C32H34N6O7. The maximum atomic E-state index is 13.2. The molecule has 13 nitrogen and oxygen atoms in total. The molecule has 1 amide bonds. The van der Waals surface area contributed by atoms with Crippen LogP contribution in [0, 0.1) is 0 Å². The molecule has 234 valence electrons. The van der Waals surface area contributed by atoms with Gasteiger partial charge in [0.25, 0.3) is 5.97 Å². The van der Waals surface area contributed by atoms with E-state index in [0.717, 1.165) is 23.9 Å². The van der Waals surface area contributed by atoms with Crippen LogP contribution >= 0.6 is 0 Å². The Hall–Kier alpha value is -5.72. The first-order valence-electron chi connectivity index (χ1n) is 14.2. The number of carbonyl (C=O) groups is 3. The molecule has 0 spiro atoms. The second-order valence-corrected chi connectivity index (χ2v) is 10.1. The van der Waals surface area contributed by atoms with Gasteiger partial charge in [-0.25, -0.2) is 19.4 Å². The highest BCUT2D eigenvalue weighted by atomic mass is 16.5. The van der Waals surface area contributed by atoms with Crippen molar-refractivity contribution < 1.29 is 29.3 Å². The Bertz CT molecular complexity index is 1620. The van der Waals surface area contributed by atoms with E-state index in [1.165, 1.54) is 4.57 Å². The van der Waals surface area contributed by atoms with Crippen molar-refractivity contribution in [2.24, 2.45) is 0 Å². The van der Waals surface area contributed by atoms with E-state index in [1.807, 2.05) is 66.7 Å². The van der Waals surface area contributed by atoms with E-state index >= 15 is 0 Å². The van der Waals surface area contributed by atoms with Gasteiger partial charge in [0.15, 0.2) is 0 Å². The minimum atomic E-state index is -1.41. The number of alkyl carbamates (subject to hydrolysis) is 1. The molecule has 3 N–H and O–H groups in total. The molecule has 4 aromatic rings. The van der Waals surface area contributed by atoms with Crippen molar-refractivity contribution in [3.05, 3.63) is 107 Å². The molecular weight excluding hydrogens is 580 g/mol. The predicted octanol–water partition coefficient (Wildman–Crippen LogP) is 3.10. The summed E-state index contributed by atoms with van der Waals surface area (Å²) in [5, 5.41) is 19.6. The molecule has 0 bridgehead atoms. The molecule has 0 saturated carbocycles. The third-order valence-corrected chi connectivity index (χ3v) is 6.79.